The number of amides is 1. The number of carbonyl (C=O) groups is 1. The van der Waals surface area contributed by atoms with Crippen LogP contribution in [-0.4, -0.2) is 11.0 Å². The van der Waals surface area contributed by atoms with E-state index in [1.165, 1.54) is 32.1 Å². The lowest BCUT2D eigenvalue weighted by atomic mass is 9.86. The van der Waals surface area contributed by atoms with Gasteiger partial charge in [-0.1, -0.05) is 44.2 Å². The molecule has 1 saturated carbocycles. The van der Waals surface area contributed by atoms with Gasteiger partial charge in [-0.3, -0.25) is 4.79 Å². The minimum Gasteiger partial charge on any atom is -0.392 e. The first kappa shape index (κ1) is 15.0. The van der Waals surface area contributed by atoms with Gasteiger partial charge in [-0.15, -0.1) is 0 Å². The number of rotatable bonds is 5. The van der Waals surface area contributed by atoms with Gasteiger partial charge in [0.2, 0.25) is 5.91 Å². The number of hydrogen-bond donors (Lipinski definition) is 2. The number of hydrogen-bond acceptors (Lipinski definition) is 2. The van der Waals surface area contributed by atoms with Crippen molar-refractivity contribution in [3.8, 4) is 0 Å². The molecule has 3 heteroatoms. The van der Waals surface area contributed by atoms with Crippen molar-refractivity contribution in [3.63, 3.8) is 0 Å². The van der Waals surface area contributed by atoms with Crippen molar-refractivity contribution in [2.24, 2.45) is 5.92 Å². The quantitative estimate of drug-likeness (QED) is 0.859. The van der Waals surface area contributed by atoms with Crippen LogP contribution in [0.2, 0.25) is 0 Å². The standard InChI is InChI=1S/C17H25NO2/c1-13-7-8-15(12-19)11-16(13)18-17(20)10-9-14-5-3-2-4-6-14/h7-8,11,14,19H,2-6,9-10,12H2,1H3,(H,18,20). The number of aliphatic hydroxyl groups is 1. The van der Waals surface area contributed by atoms with Crippen molar-refractivity contribution < 1.29 is 9.90 Å². The summed E-state index contributed by atoms with van der Waals surface area (Å²) in [6.45, 7) is 1.98. The van der Waals surface area contributed by atoms with Gasteiger partial charge in [-0.25, -0.2) is 0 Å². The largest absolute Gasteiger partial charge is 0.392 e. The van der Waals surface area contributed by atoms with Crippen LogP contribution in [0, 0.1) is 12.8 Å². The summed E-state index contributed by atoms with van der Waals surface area (Å²) in [7, 11) is 0. The molecule has 2 rings (SSSR count). The molecule has 0 atom stereocenters. The molecule has 0 unspecified atom stereocenters. The predicted octanol–water partition coefficient (Wildman–Crippen LogP) is 3.79. The first-order valence-electron chi connectivity index (χ1n) is 7.69. The van der Waals surface area contributed by atoms with Crippen molar-refractivity contribution in [1.82, 2.24) is 0 Å². The third-order valence-corrected chi connectivity index (χ3v) is 4.26. The van der Waals surface area contributed by atoms with E-state index in [1.807, 2.05) is 25.1 Å². The summed E-state index contributed by atoms with van der Waals surface area (Å²) >= 11 is 0. The predicted molar refractivity (Wildman–Crippen MR) is 81.5 cm³/mol. The Hall–Kier alpha value is -1.35. The van der Waals surface area contributed by atoms with Crippen LogP contribution in [0.4, 0.5) is 5.69 Å². The summed E-state index contributed by atoms with van der Waals surface area (Å²) in [5, 5.41) is 12.1. The Morgan fingerprint density at radius 2 is 2.05 bits per heavy atom. The second kappa shape index (κ2) is 7.44. The van der Waals surface area contributed by atoms with Crippen LogP contribution in [0.15, 0.2) is 18.2 Å². The van der Waals surface area contributed by atoms with Crippen molar-refractivity contribution in [1.29, 1.82) is 0 Å². The van der Waals surface area contributed by atoms with Crippen LogP contribution >= 0.6 is 0 Å². The second-order valence-corrected chi connectivity index (χ2v) is 5.90. The van der Waals surface area contributed by atoms with Crippen LogP contribution in [0.3, 0.4) is 0 Å². The fourth-order valence-electron chi connectivity index (χ4n) is 2.93. The van der Waals surface area contributed by atoms with Gasteiger partial charge in [0.05, 0.1) is 6.61 Å². The maximum atomic E-state index is 12.0. The molecule has 3 nitrogen and oxygen atoms in total. The Kier molecular flexibility index (Phi) is 5.60. The van der Waals surface area contributed by atoms with Crippen molar-refractivity contribution >= 4 is 11.6 Å². The molecule has 1 aliphatic carbocycles. The number of anilines is 1. The van der Waals surface area contributed by atoms with Gasteiger partial charge in [-0.2, -0.15) is 0 Å². The number of aryl methyl sites for hydroxylation is 1. The summed E-state index contributed by atoms with van der Waals surface area (Å²) in [5.41, 5.74) is 2.69. The molecule has 1 amide bonds. The van der Waals surface area contributed by atoms with Gasteiger partial charge < -0.3 is 10.4 Å². The Morgan fingerprint density at radius 1 is 1.30 bits per heavy atom. The minimum absolute atomic E-state index is 0.00518. The van der Waals surface area contributed by atoms with E-state index in [2.05, 4.69) is 5.32 Å². The highest BCUT2D eigenvalue weighted by molar-refractivity contribution is 5.91. The number of carbonyl (C=O) groups excluding carboxylic acids is 1. The zero-order valence-corrected chi connectivity index (χ0v) is 12.3. The molecule has 1 fully saturated rings. The Balaban J connectivity index is 1.84. The average molecular weight is 275 g/mol. The van der Waals surface area contributed by atoms with E-state index in [-0.39, 0.29) is 12.5 Å². The van der Waals surface area contributed by atoms with Crippen molar-refractivity contribution in [2.75, 3.05) is 5.32 Å². The highest BCUT2D eigenvalue weighted by Crippen LogP contribution is 2.27. The Labute approximate surface area is 121 Å². The number of nitrogens with one attached hydrogen (secondary N) is 1. The van der Waals surface area contributed by atoms with Gasteiger partial charge in [0.1, 0.15) is 0 Å². The molecule has 1 aliphatic rings. The normalized spacial score (nSPS) is 16.1. The molecule has 0 heterocycles. The van der Waals surface area contributed by atoms with E-state index in [0.29, 0.717) is 6.42 Å². The van der Waals surface area contributed by atoms with Crippen LogP contribution < -0.4 is 5.32 Å². The van der Waals surface area contributed by atoms with E-state index in [4.69, 9.17) is 5.11 Å². The van der Waals surface area contributed by atoms with Crippen LogP contribution in [-0.2, 0) is 11.4 Å². The lowest BCUT2D eigenvalue weighted by molar-refractivity contribution is -0.116. The molecule has 0 aromatic heterocycles. The lowest BCUT2D eigenvalue weighted by Crippen LogP contribution is -2.15. The zero-order valence-electron chi connectivity index (χ0n) is 12.3. The Morgan fingerprint density at radius 3 is 2.75 bits per heavy atom. The van der Waals surface area contributed by atoms with Crippen LogP contribution in [0.1, 0.15) is 56.1 Å². The summed E-state index contributed by atoms with van der Waals surface area (Å²) in [6.07, 6.45) is 8.18. The first-order chi connectivity index (χ1) is 9.69. The average Bonchev–Trinajstić information content (AvgIpc) is 2.48. The summed E-state index contributed by atoms with van der Waals surface area (Å²) in [5.74, 6) is 0.827. The monoisotopic (exact) mass is 275 g/mol. The smallest absolute Gasteiger partial charge is 0.224 e. The molecule has 0 saturated heterocycles. The highest BCUT2D eigenvalue weighted by Gasteiger charge is 2.15. The number of benzene rings is 1. The molecule has 1 aromatic rings. The molecule has 20 heavy (non-hydrogen) atoms. The molecule has 2 N–H and O–H groups in total. The van der Waals surface area contributed by atoms with E-state index < -0.39 is 0 Å². The summed E-state index contributed by atoms with van der Waals surface area (Å²) in [6, 6.07) is 5.67. The van der Waals surface area contributed by atoms with E-state index in [0.717, 1.165) is 29.2 Å². The van der Waals surface area contributed by atoms with Crippen molar-refractivity contribution in [2.45, 2.75) is 58.5 Å². The second-order valence-electron chi connectivity index (χ2n) is 5.90. The molecule has 110 valence electrons. The fraction of sp³-hybridized carbons (Fsp3) is 0.588. The van der Waals surface area contributed by atoms with E-state index >= 15 is 0 Å². The van der Waals surface area contributed by atoms with E-state index in [1.54, 1.807) is 0 Å². The number of aliphatic hydroxyl groups excluding tert-OH is 1. The molecular weight excluding hydrogens is 250 g/mol. The lowest BCUT2D eigenvalue weighted by Gasteiger charge is -2.21. The van der Waals surface area contributed by atoms with Gasteiger partial charge in [0.25, 0.3) is 0 Å². The third kappa shape index (κ3) is 4.34. The third-order valence-electron chi connectivity index (χ3n) is 4.26. The van der Waals surface area contributed by atoms with Gasteiger partial charge in [-0.05, 0) is 36.5 Å². The van der Waals surface area contributed by atoms with Gasteiger partial charge >= 0.3 is 0 Å². The minimum atomic E-state index is 0.00518. The SMILES string of the molecule is Cc1ccc(CO)cc1NC(=O)CCC1CCCCC1. The molecular formula is C17H25NO2. The molecule has 0 spiro atoms. The molecule has 1 aromatic carbocycles. The summed E-state index contributed by atoms with van der Waals surface area (Å²) in [4.78, 5) is 12.0. The molecule has 0 bridgehead atoms. The van der Waals surface area contributed by atoms with E-state index in [9.17, 15) is 4.79 Å². The van der Waals surface area contributed by atoms with Crippen LogP contribution in [0.25, 0.3) is 0 Å². The molecule has 0 radical (unpaired) electrons. The topological polar surface area (TPSA) is 49.3 Å². The van der Waals surface area contributed by atoms with Crippen LogP contribution in [0.5, 0.6) is 0 Å². The maximum Gasteiger partial charge on any atom is 0.224 e. The first-order valence-corrected chi connectivity index (χ1v) is 7.69. The summed E-state index contributed by atoms with van der Waals surface area (Å²) < 4.78 is 0. The van der Waals surface area contributed by atoms with Gasteiger partial charge in [0.15, 0.2) is 0 Å². The maximum absolute atomic E-state index is 12.0. The fourth-order valence-corrected chi connectivity index (χ4v) is 2.93. The van der Waals surface area contributed by atoms with Gasteiger partial charge in [0, 0.05) is 12.1 Å². The highest BCUT2D eigenvalue weighted by atomic mass is 16.3. The molecule has 0 aliphatic heterocycles. The Bertz CT molecular complexity index is 450. The van der Waals surface area contributed by atoms with Crippen molar-refractivity contribution in [3.05, 3.63) is 29.3 Å². The zero-order chi connectivity index (χ0) is 14.4.